The number of hydrogen-bond acceptors (Lipinski definition) is 2. The van der Waals surface area contributed by atoms with Crippen LogP contribution in [0.1, 0.15) is 18.9 Å². The van der Waals surface area contributed by atoms with Crippen LogP contribution in [0.25, 0.3) is 0 Å². The Balaban J connectivity index is 3.26. The quantitative estimate of drug-likeness (QED) is 0.882. The van der Waals surface area contributed by atoms with Crippen molar-refractivity contribution in [2.75, 3.05) is 6.26 Å². The molecule has 0 saturated heterocycles. The smallest absolute Gasteiger partial charge is 0.324 e. The Morgan fingerprint density at radius 1 is 1.60 bits per heavy atom. The highest BCUT2D eigenvalue weighted by molar-refractivity contribution is 8.00. The van der Waals surface area contributed by atoms with Crippen molar-refractivity contribution in [1.82, 2.24) is 0 Å². The number of carbonyl (C=O) groups is 1. The minimum atomic E-state index is -0.884. The van der Waals surface area contributed by atoms with Gasteiger partial charge in [-0.3, -0.25) is 4.79 Å². The molecular weight excluding hydrogens is 232 g/mol. The molecule has 4 heteroatoms. The van der Waals surface area contributed by atoms with Crippen LogP contribution in [-0.2, 0) is 9.54 Å². The molecule has 0 bridgehead atoms. The third-order valence-electron chi connectivity index (χ3n) is 2.48. The molecule has 1 atom stereocenters. The van der Waals surface area contributed by atoms with Crippen molar-refractivity contribution in [2.24, 2.45) is 0 Å². The summed E-state index contributed by atoms with van der Waals surface area (Å²) in [5, 5.41) is 9.87. The number of thioether (sulfide) groups is 1. The summed E-state index contributed by atoms with van der Waals surface area (Å²) >= 11 is 7.20. The number of hydrogen-bond donors (Lipinski definition) is 1. The molecule has 0 fully saturated rings. The van der Waals surface area contributed by atoms with Crippen molar-refractivity contribution in [3.63, 3.8) is 0 Å². The molecule has 0 radical (unpaired) electrons. The van der Waals surface area contributed by atoms with E-state index in [1.807, 2.05) is 6.92 Å². The monoisotopic (exact) mass is 244 g/mol. The van der Waals surface area contributed by atoms with E-state index in [2.05, 4.69) is 0 Å². The number of benzene rings is 1. The molecule has 1 unspecified atom stereocenters. The van der Waals surface area contributed by atoms with Gasteiger partial charge in [0.2, 0.25) is 0 Å². The van der Waals surface area contributed by atoms with Gasteiger partial charge in [-0.05, 0) is 30.4 Å². The van der Waals surface area contributed by atoms with Crippen LogP contribution in [-0.4, -0.2) is 17.3 Å². The number of rotatable bonds is 4. The average Bonchev–Trinajstić information content (AvgIpc) is 2.20. The molecule has 1 aromatic rings. The Hall–Kier alpha value is -0.670. The second-order valence-corrected chi connectivity index (χ2v) is 4.74. The fourth-order valence-electron chi connectivity index (χ4n) is 1.57. The van der Waals surface area contributed by atoms with E-state index in [1.54, 1.807) is 30.5 Å². The van der Waals surface area contributed by atoms with Crippen molar-refractivity contribution in [2.45, 2.75) is 18.1 Å². The fraction of sp³-hybridized carbons (Fsp3) is 0.364. The molecule has 0 aliphatic carbocycles. The molecule has 0 spiro atoms. The Morgan fingerprint density at radius 2 is 2.27 bits per heavy atom. The zero-order valence-corrected chi connectivity index (χ0v) is 10.2. The second kappa shape index (κ2) is 4.90. The predicted molar refractivity (Wildman–Crippen MR) is 64.6 cm³/mol. The van der Waals surface area contributed by atoms with Crippen LogP contribution in [0, 0.1) is 0 Å². The lowest BCUT2D eigenvalue weighted by atomic mass is 9.95. The lowest BCUT2D eigenvalue weighted by Crippen LogP contribution is -2.31. The van der Waals surface area contributed by atoms with Gasteiger partial charge in [0.1, 0.15) is 4.75 Å². The molecule has 0 saturated carbocycles. The summed E-state index contributed by atoms with van der Waals surface area (Å²) in [6, 6.07) is 7.05. The maximum absolute atomic E-state index is 11.3. The van der Waals surface area contributed by atoms with Gasteiger partial charge in [0, 0.05) is 5.02 Å². The molecule has 0 aliphatic rings. The standard InChI is InChI=1S/C11H13ClO2S/c1-3-11(15-2,10(13)14)8-5-4-6-9(12)7-8/h4-7H,3H2,1-2H3,(H,13,14). The maximum Gasteiger partial charge on any atom is 0.324 e. The summed E-state index contributed by atoms with van der Waals surface area (Å²) in [7, 11) is 0. The van der Waals surface area contributed by atoms with Gasteiger partial charge < -0.3 is 5.11 Å². The lowest BCUT2D eigenvalue weighted by molar-refractivity contribution is -0.140. The molecule has 82 valence electrons. The number of aliphatic carboxylic acids is 1. The van der Waals surface area contributed by atoms with Crippen molar-refractivity contribution >= 4 is 29.3 Å². The van der Waals surface area contributed by atoms with E-state index in [-0.39, 0.29) is 0 Å². The minimum Gasteiger partial charge on any atom is -0.480 e. The Kier molecular flexibility index (Phi) is 4.05. The minimum absolute atomic E-state index is 0.532. The van der Waals surface area contributed by atoms with E-state index in [1.165, 1.54) is 11.8 Å². The van der Waals surface area contributed by atoms with E-state index in [0.29, 0.717) is 11.4 Å². The summed E-state index contributed by atoms with van der Waals surface area (Å²) < 4.78 is -0.884. The Bertz CT molecular complexity index is 361. The first-order valence-corrected chi connectivity index (χ1v) is 6.21. The zero-order valence-electron chi connectivity index (χ0n) is 8.66. The second-order valence-electron chi connectivity index (χ2n) is 3.20. The normalized spacial score (nSPS) is 14.6. The van der Waals surface area contributed by atoms with Gasteiger partial charge in [-0.15, -0.1) is 11.8 Å². The molecule has 0 heterocycles. The lowest BCUT2D eigenvalue weighted by Gasteiger charge is -2.26. The van der Waals surface area contributed by atoms with Crippen LogP contribution in [0.3, 0.4) is 0 Å². The summed E-state index contributed by atoms with van der Waals surface area (Å²) in [6.07, 6.45) is 2.34. The number of carboxylic acid groups (broad SMARTS) is 1. The maximum atomic E-state index is 11.3. The summed E-state index contributed by atoms with van der Waals surface area (Å²) in [4.78, 5) is 11.3. The van der Waals surface area contributed by atoms with Crippen LogP contribution in [0.4, 0.5) is 0 Å². The molecule has 1 rings (SSSR count). The van der Waals surface area contributed by atoms with Gasteiger partial charge >= 0.3 is 5.97 Å². The third-order valence-corrected chi connectivity index (χ3v) is 4.11. The van der Waals surface area contributed by atoms with Gasteiger partial charge in [0.25, 0.3) is 0 Å². The molecule has 15 heavy (non-hydrogen) atoms. The molecular formula is C11H13ClO2S. The van der Waals surface area contributed by atoms with E-state index in [4.69, 9.17) is 11.6 Å². The molecule has 1 aromatic carbocycles. The summed E-state index contributed by atoms with van der Waals surface area (Å²) in [5.41, 5.74) is 0.748. The Morgan fingerprint density at radius 3 is 2.67 bits per heavy atom. The van der Waals surface area contributed by atoms with Crippen LogP contribution in [0.2, 0.25) is 5.02 Å². The number of halogens is 1. The molecule has 0 amide bonds. The topological polar surface area (TPSA) is 37.3 Å². The van der Waals surface area contributed by atoms with Crippen molar-refractivity contribution < 1.29 is 9.90 Å². The summed E-state index contributed by atoms with van der Waals surface area (Å²) in [6.45, 7) is 1.87. The number of carboxylic acids is 1. The average molecular weight is 245 g/mol. The first-order valence-electron chi connectivity index (χ1n) is 4.61. The van der Waals surface area contributed by atoms with E-state index < -0.39 is 10.7 Å². The van der Waals surface area contributed by atoms with Crippen LogP contribution >= 0.6 is 23.4 Å². The molecule has 2 nitrogen and oxygen atoms in total. The van der Waals surface area contributed by atoms with Crippen LogP contribution < -0.4 is 0 Å². The van der Waals surface area contributed by atoms with Crippen LogP contribution in [0.15, 0.2) is 24.3 Å². The highest BCUT2D eigenvalue weighted by Gasteiger charge is 2.37. The molecule has 0 aromatic heterocycles. The van der Waals surface area contributed by atoms with Gasteiger partial charge in [0.15, 0.2) is 0 Å². The van der Waals surface area contributed by atoms with E-state index >= 15 is 0 Å². The predicted octanol–water partition coefficient (Wildman–Crippen LogP) is 3.39. The van der Waals surface area contributed by atoms with Crippen molar-refractivity contribution in [3.05, 3.63) is 34.9 Å². The SMILES string of the molecule is CCC(SC)(C(=O)O)c1cccc(Cl)c1. The zero-order chi connectivity index (χ0) is 11.5. The van der Waals surface area contributed by atoms with E-state index in [9.17, 15) is 9.90 Å². The first-order chi connectivity index (χ1) is 7.06. The van der Waals surface area contributed by atoms with Gasteiger partial charge in [-0.1, -0.05) is 30.7 Å². The Labute approximate surface area is 98.6 Å². The molecule has 0 aliphatic heterocycles. The van der Waals surface area contributed by atoms with Crippen LogP contribution in [0.5, 0.6) is 0 Å². The van der Waals surface area contributed by atoms with Crippen molar-refractivity contribution in [3.8, 4) is 0 Å². The first kappa shape index (κ1) is 12.4. The highest BCUT2D eigenvalue weighted by atomic mass is 35.5. The highest BCUT2D eigenvalue weighted by Crippen LogP contribution is 2.39. The van der Waals surface area contributed by atoms with Gasteiger partial charge in [-0.25, -0.2) is 0 Å². The van der Waals surface area contributed by atoms with Gasteiger partial charge in [0.05, 0.1) is 0 Å². The van der Waals surface area contributed by atoms with E-state index in [0.717, 1.165) is 5.56 Å². The fourth-order valence-corrected chi connectivity index (χ4v) is 2.58. The van der Waals surface area contributed by atoms with Gasteiger partial charge in [-0.2, -0.15) is 0 Å². The van der Waals surface area contributed by atoms with Crippen molar-refractivity contribution in [1.29, 1.82) is 0 Å². The summed E-state index contributed by atoms with van der Waals surface area (Å²) in [5.74, 6) is -0.820. The largest absolute Gasteiger partial charge is 0.480 e. The third kappa shape index (κ3) is 2.29. The molecule has 1 N–H and O–H groups in total.